The molecule has 0 aromatic carbocycles. The van der Waals surface area contributed by atoms with Crippen molar-refractivity contribution in [2.24, 2.45) is 5.73 Å². The molecule has 4 heteroatoms. The monoisotopic (exact) mass is 213 g/mol. The maximum absolute atomic E-state index is 5.86. The Labute approximate surface area is 90.1 Å². The van der Waals surface area contributed by atoms with Crippen molar-refractivity contribution < 1.29 is 0 Å². The van der Waals surface area contributed by atoms with Crippen LogP contribution in [-0.2, 0) is 13.0 Å². The zero-order chi connectivity index (χ0) is 10.4. The first-order valence-electron chi connectivity index (χ1n) is 5.01. The molecule has 1 aromatic heterocycles. The second-order valence-electron chi connectivity index (χ2n) is 3.47. The number of aromatic nitrogens is 2. The Hall–Kier alpha value is -0.480. The average Bonchev–Trinajstić information content (AvgIpc) is 2.62. The van der Waals surface area contributed by atoms with Gasteiger partial charge in [-0.2, -0.15) is 11.8 Å². The average molecular weight is 213 g/mol. The summed E-state index contributed by atoms with van der Waals surface area (Å²) in [6.45, 7) is 3.14. The molecular weight excluding hydrogens is 194 g/mol. The summed E-state index contributed by atoms with van der Waals surface area (Å²) in [7, 11) is 0. The van der Waals surface area contributed by atoms with Crippen molar-refractivity contribution in [2.45, 2.75) is 32.4 Å². The first-order chi connectivity index (χ1) is 6.76. The van der Waals surface area contributed by atoms with Crippen LogP contribution in [0.5, 0.6) is 0 Å². The first-order valence-corrected chi connectivity index (χ1v) is 6.40. The van der Waals surface area contributed by atoms with Gasteiger partial charge in [0.2, 0.25) is 0 Å². The molecule has 0 radical (unpaired) electrons. The first kappa shape index (κ1) is 11.6. The van der Waals surface area contributed by atoms with Crippen molar-refractivity contribution in [3.8, 4) is 0 Å². The Morgan fingerprint density at radius 2 is 2.43 bits per heavy atom. The van der Waals surface area contributed by atoms with E-state index in [-0.39, 0.29) is 6.04 Å². The molecule has 80 valence electrons. The van der Waals surface area contributed by atoms with Crippen molar-refractivity contribution in [1.82, 2.24) is 9.55 Å². The van der Waals surface area contributed by atoms with Crippen molar-refractivity contribution in [2.75, 3.05) is 12.0 Å². The second-order valence-corrected chi connectivity index (χ2v) is 4.45. The molecule has 0 fully saturated rings. The molecule has 0 aliphatic carbocycles. The van der Waals surface area contributed by atoms with Crippen LogP contribution in [0.2, 0.25) is 0 Å². The Morgan fingerprint density at radius 1 is 1.64 bits per heavy atom. The van der Waals surface area contributed by atoms with E-state index in [9.17, 15) is 0 Å². The summed E-state index contributed by atoms with van der Waals surface area (Å²) < 4.78 is 2.13. The Morgan fingerprint density at radius 3 is 3.07 bits per heavy atom. The molecule has 3 nitrogen and oxygen atoms in total. The van der Waals surface area contributed by atoms with Gasteiger partial charge >= 0.3 is 0 Å². The van der Waals surface area contributed by atoms with Gasteiger partial charge < -0.3 is 10.3 Å². The summed E-state index contributed by atoms with van der Waals surface area (Å²) >= 11 is 1.85. The molecule has 0 aliphatic heterocycles. The van der Waals surface area contributed by atoms with Gasteiger partial charge in [-0.15, -0.1) is 0 Å². The standard InChI is InChI=1S/C10H19N3S/c1-3-9(11)6-10-7-13(8-12-10)4-5-14-2/h7-9H,3-6,11H2,1-2H3. The van der Waals surface area contributed by atoms with Gasteiger partial charge in [-0.1, -0.05) is 6.92 Å². The minimum Gasteiger partial charge on any atom is -0.336 e. The highest BCUT2D eigenvalue weighted by molar-refractivity contribution is 7.98. The Bertz CT molecular complexity index is 260. The molecule has 14 heavy (non-hydrogen) atoms. The fourth-order valence-electron chi connectivity index (χ4n) is 1.24. The molecule has 0 saturated carbocycles. The summed E-state index contributed by atoms with van der Waals surface area (Å²) in [6.07, 6.45) is 8.02. The van der Waals surface area contributed by atoms with E-state index < -0.39 is 0 Å². The van der Waals surface area contributed by atoms with Crippen LogP contribution < -0.4 is 5.73 Å². The molecule has 1 aromatic rings. The second kappa shape index (κ2) is 6.09. The van der Waals surface area contributed by atoms with Gasteiger partial charge in [-0.25, -0.2) is 4.98 Å². The maximum Gasteiger partial charge on any atom is 0.0949 e. The summed E-state index contributed by atoms with van der Waals surface area (Å²) in [5, 5.41) is 0. The van der Waals surface area contributed by atoms with E-state index in [1.807, 2.05) is 18.1 Å². The van der Waals surface area contributed by atoms with E-state index in [1.54, 1.807) is 0 Å². The van der Waals surface area contributed by atoms with Crippen LogP contribution in [0.15, 0.2) is 12.5 Å². The summed E-state index contributed by atoms with van der Waals surface area (Å²) in [4.78, 5) is 4.33. The van der Waals surface area contributed by atoms with Gasteiger partial charge in [0.1, 0.15) is 0 Å². The minimum atomic E-state index is 0.249. The normalized spacial score (nSPS) is 13.1. The van der Waals surface area contributed by atoms with E-state index in [2.05, 4.69) is 28.9 Å². The van der Waals surface area contributed by atoms with E-state index >= 15 is 0 Å². The van der Waals surface area contributed by atoms with Crippen LogP contribution in [-0.4, -0.2) is 27.6 Å². The van der Waals surface area contributed by atoms with Crippen LogP contribution in [0, 0.1) is 0 Å². The SMILES string of the molecule is CCC(N)Cc1cn(CCSC)cn1. The highest BCUT2D eigenvalue weighted by atomic mass is 32.2. The van der Waals surface area contributed by atoms with Crippen LogP contribution in [0.4, 0.5) is 0 Å². The lowest BCUT2D eigenvalue weighted by Crippen LogP contribution is -2.21. The van der Waals surface area contributed by atoms with Crippen molar-refractivity contribution in [3.63, 3.8) is 0 Å². The van der Waals surface area contributed by atoms with Gasteiger partial charge in [-0.05, 0) is 12.7 Å². The largest absolute Gasteiger partial charge is 0.336 e. The number of hydrogen-bond donors (Lipinski definition) is 1. The molecule has 1 unspecified atom stereocenters. The van der Waals surface area contributed by atoms with Crippen LogP contribution in [0.1, 0.15) is 19.0 Å². The fourth-order valence-corrected chi connectivity index (χ4v) is 1.64. The molecule has 1 atom stereocenters. The number of imidazole rings is 1. The third kappa shape index (κ3) is 3.72. The van der Waals surface area contributed by atoms with Crippen molar-refractivity contribution >= 4 is 11.8 Å². The lowest BCUT2D eigenvalue weighted by atomic mass is 10.1. The molecule has 0 saturated heterocycles. The van der Waals surface area contributed by atoms with Crippen molar-refractivity contribution in [1.29, 1.82) is 0 Å². The smallest absolute Gasteiger partial charge is 0.0949 e. The highest BCUT2D eigenvalue weighted by Gasteiger charge is 2.03. The van der Waals surface area contributed by atoms with Gasteiger partial charge in [0, 0.05) is 31.0 Å². The quantitative estimate of drug-likeness (QED) is 0.779. The number of nitrogens with two attached hydrogens (primary N) is 1. The van der Waals surface area contributed by atoms with Gasteiger partial charge in [0.05, 0.1) is 12.0 Å². The zero-order valence-corrected chi connectivity index (χ0v) is 9.76. The van der Waals surface area contributed by atoms with Crippen LogP contribution >= 0.6 is 11.8 Å². The highest BCUT2D eigenvalue weighted by Crippen LogP contribution is 2.03. The van der Waals surface area contributed by atoms with Gasteiger partial charge in [0.25, 0.3) is 0 Å². The van der Waals surface area contributed by atoms with Crippen LogP contribution in [0.3, 0.4) is 0 Å². The predicted molar refractivity (Wildman–Crippen MR) is 62.6 cm³/mol. The van der Waals surface area contributed by atoms with Crippen LogP contribution in [0.25, 0.3) is 0 Å². The predicted octanol–water partition coefficient (Wildman–Crippen LogP) is 1.53. The molecule has 1 rings (SSSR count). The summed E-state index contributed by atoms with van der Waals surface area (Å²) in [6, 6.07) is 0.249. The lowest BCUT2D eigenvalue weighted by molar-refractivity contribution is 0.637. The Balaban J connectivity index is 2.42. The van der Waals surface area contributed by atoms with Crippen molar-refractivity contribution in [3.05, 3.63) is 18.2 Å². The molecule has 0 amide bonds. The molecule has 0 bridgehead atoms. The molecule has 2 N–H and O–H groups in total. The topological polar surface area (TPSA) is 43.8 Å². The Kier molecular flexibility index (Phi) is 5.04. The number of aryl methyl sites for hydroxylation is 1. The third-order valence-electron chi connectivity index (χ3n) is 2.24. The maximum atomic E-state index is 5.86. The molecule has 0 aliphatic rings. The van der Waals surface area contributed by atoms with Gasteiger partial charge in [0.15, 0.2) is 0 Å². The number of nitrogens with zero attached hydrogens (tertiary/aromatic N) is 2. The molecule has 0 spiro atoms. The molecular formula is C10H19N3S. The lowest BCUT2D eigenvalue weighted by Gasteiger charge is -2.04. The number of hydrogen-bond acceptors (Lipinski definition) is 3. The fraction of sp³-hybridized carbons (Fsp3) is 0.700. The number of thioether (sulfide) groups is 1. The third-order valence-corrected chi connectivity index (χ3v) is 2.83. The minimum absolute atomic E-state index is 0.249. The van der Waals surface area contributed by atoms with E-state index in [4.69, 9.17) is 5.73 Å². The van der Waals surface area contributed by atoms with E-state index in [0.717, 1.165) is 30.8 Å². The molecule has 1 heterocycles. The number of rotatable bonds is 6. The van der Waals surface area contributed by atoms with E-state index in [0.29, 0.717) is 0 Å². The zero-order valence-electron chi connectivity index (χ0n) is 8.94. The van der Waals surface area contributed by atoms with Gasteiger partial charge in [-0.3, -0.25) is 0 Å². The summed E-state index contributed by atoms with van der Waals surface area (Å²) in [5.74, 6) is 1.13. The summed E-state index contributed by atoms with van der Waals surface area (Å²) in [5.41, 5.74) is 6.97. The van der Waals surface area contributed by atoms with E-state index in [1.165, 1.54) is 0 Å².